The summed E-state index contributed by atoms with van der Waals surface area (Å²) in [5.41, 5.74) is -0.141. The minimum atomic E-state index is -2.78. The summed E-state index contributed by atoms with van der Waals surface area (Å²) < 4.78 is 27.4. The first-order chi connectivity index (χ1) is 17.4. The zero-order valence-corrected chi connectivity index (χ0v) is 21.4. The van der Waals surface area contributed by atoms with Gasteiger partial charge in [-0.25, -0.2) is 8.78 Å². The van der Waals surface area contributed by atoms with Crippen LogP contribution in [0.25, 0.3) is 0 Å². The summed E-state index contributed by atoms with van der Waals surface area (Å²) in [6.07, 6.45) is 2.93. The van der Waals surface area contributed by atoms with E-state index in [1.807, 2.05) is 36.4 Å². The van der Waals surface area contributed by atoms with Gasteiger partial charge < -0.3 is 20.3 Å². The number of hydrogen-bond acceptors (Lipinski definition) is 6. The topological polar surface area (TPSA) is 117 Å². The lowest BCUT2D eigenvalue weighted by Crippen LogP contribution is -2.49. The predicted molar refractivity (Wildman–Crippen MR) is 135 cm³/mol. The zero-order valence-electron chi connectivity index (χ0n) is 21.4. The minimum Gasteiger partial charge on any atom is -0.426 e. The number of alkyl halides is 2. The lowest BCUT2D eigenvalue weighted by atomic mass is 9.75. The molecule has 2 amide bonds. The summed E-state index contributed by atoms with van der Waals surface area (Å²) in [4.78, 5) is 29.0. The van der Waals surface area contributed by atoms with Gasteiger partial charge in [0.25, 0.3) is 11.8 Å². The quantitative estimate of drug-likeness (QED) is 0.263. The second kappa shape index (κ2) is 12.2. The van der Waals surface area contributed by atoms with Crippen molar-refractivity contribution in [1.29, 1.82) is 5.26 Å². The average molecular weight is 516 g/mol. The summed E-state index contributed by atoms with van der Waals surface area (Å²) in [6.45, 7) is 3.90. The number of carbonyl (C=O) groups is 2. The molecule has 0 aliphatic carbocycles. The number of nitrogens with one attached hydrogen (secondary N) is 1. The highest BCUT2D eigenvalue weighted by Gasteiger charge is 2.43. The summed E-state index contributed by atoms with van der Waals surface area (Å²) in [5.74, 6) is -4.63. The van der Waals surface area contributed by atoms with Gasteiger partial charge in [-0.05, 0) is 50.7 Å². The largest absolute Gasteiger partial charge is 0.475 e. The molecule has 37 heavy (non-hydrogen) atoms. The molecule has 0 bridgehead atoms. The second-order valence-corrected chi connectivity index (χ2v) is 10.6. The van der Waals surface area contributed by atoms with E-state index in [0.717, 1.165) is 5.56 Å². The van der Waals surface area contributed by atoms with Crippen molar-refractivity contribution in [3.8, 4) is 6.07 Å². The average Bonchev–Trinajstić information content (AvgIpc) is 3.23. The maximum Gasteiger partial charge on any atom is 0.475 e. The molecule has 3 rings (SSSR count). The molecular formula is C26H35BF2N4O4. The maximum atomic E-state index is 13.7. The Bertz CT molecular complexity index is 1030. The molecule has 2 saturated heterocycles. The van der Waals surface area contributed by atoms with E-state index in [-0.39, 0.29) is 49.8 Å². The summed E-state index contributed by atoms with van der Waals surface area (Å²) in [6, 6.07) is 11.1. The lowest BCUT2D eigenvalue weighted by molar-refractivity contribution is -0.130. The van der Waals surface area contributed by atoms with Crippen LogP contribution in [-0.4, -0.2) is 82.4 Å². The standard InChI is InChI=1S/C26H35BF2N4O4/c1-25(2,33-12-10-26(28,29)18-33)15-21(16-30)24(35)32-11-6-9-20(17-32)14-23(34)31-22(27(36)37)13-19-7-4-3-5-8-19/h3-5,7-8,15,20,22,36-37H,6,9-14,17-18H2,1-2H3,(H,31,34)/t20-,22-/m0/s1. The number of piperidine rings is 1. The Hall–Kier alpha value is -2.81. The molecule has 1 aromatic rings. The Kier molecular flexibility index (Phi) is 9.45. The zero-order chi connectivity index (χ0) is 27.2. The minimum absolute atomic E-state index is 0.0990. The first-order valence-electron chi connectivity index (χ1n) is 12.6. The van der Waals surface area contributed by atoms with E-state index in [1.165, 1.54) is 11.0 Å². The number of hydrogen-bond donors (Lipinski definition) is 3. The fourth-order valence-electron chi connectivity index (χ4n) is 5.03. The van der Waals surface area contributed by atoms with Crippen molar-refractivity contribution in [2.24, 2.45) is 5.92 Å². The SMILES string of the molecule is CC(C)(C=C(C#N)C(=O)N1CCC[C@@H](CC(=O)N[C@@H](Cc2ccccc2)B(O)O)C1)N1CCC(F)(F)C1. The van der Waals surface area contributed by atoms with Crippen LogP contribution >= 0.6 is 0 Å². The predicted octanol–water partition coefficient (Wildman–Crippen LogP) is 1.92. The fourth-order valence-corrected chi connectivity index (χ4v) is 5.03. The van der Waals surface area contributed by atoms with Crippen molar-refractivity contribution in [2.75, 3.05) is 26.2 Å². The van der Waals surface area contributed by atoms with Gasteiger partial charge in [0, 0.05) is 38.0 Å². The fraction of sp³-hybridized carbons (Fsp3) is 0.577. The van der Waals surface area contributed by atoms with Crippen molar-refractivity contribution >= 4 is 18.9 Å². The van der Waals surface area contributed by atoms with Gasteiger partial charge >= 0.3 is 7.12 Å². The first-order valence-corrected chi connectivity index (χ1v) is 12.6. The van der Waals surface area contributed by atoms with Gasteiger partial charge in [-0.1, -0.05) is 30.3 Å². The van der Waals surface area contributed by atoms with Crippen LogP contribution in [-0.2, 0) is 16.0 Å². The van der Waals surface area contributed by atoms with Gasteiger partial charge in [0.1, 0.15) is 11.6 Å². The molecule has 0 saturated carbocycles. The van der Waals surface area contributed by atoms with E-state index in [9.17, 15) is 33.7 Å². The number of likely N-dealkylation sites (tertiary alicyclic amines) is 2. The van der Waals surface area contributed by atoms with Crippen molar-refractivity contribution in [3.05, 3.63) is 47.5 Å². The number of nitriles is 1. The molecule has 0 spiro atoms. The number of amides is 2. The van der Waals surface area contributed by atoms with Gasteiger partial charge in [-0.15, -0.1) is 0 Å². The van der Waals surface area contributed by atoms with E-state index < -0.39 is 37.0 Å². The van der Waals surface area contributed by atoms with Crippen LogP contribution in [0.1, 0.15) is 45.1 Å². The molecule has 11 heteroatoms. The Balaban J connectivity index is 1.59. The number of nitrogens with zero attached hydrogens (tertiary/aromatic N) is 3. The molecule has 0 radical (unpaired) electrons. The molecule has 1 aromatic carbocycles. The smallest absolute Gasteiger partial charge is 0.426 e. The number of benzene rings is 1. The van der Waals surface area contributed by atoms with Crippen LogP contribution in [0.3, 0.4) is 0 Å². The van der Waals surface area contributed by atoms with Crippen molar-refractivity contribution in [1.82, 2.24) is 15.1 Å². The Morgan fingerprint density at radius 1 is 1.30 bits per heavy atom. The van der Waals surface area contributed by atoms with E-state index >= 15 is 0 Å². The molecule has 2 fully saturated rings. The van der Waals surface area contributed by atoms with E-state index in [4.69, 9.17) is 0 Å². The first kappa shape index (κ1) is 28.8. The Labute approximate surface area is 217 Å². The van der Waals surface area contributed by atoms with Crippen molar-refractivity contribution < 1.29 is 28.4 Å². The third kappa shape index (κ3) is 8.09. The van der Waals surface area contributed by atoms with Crippen LogP contribution in [0.5, 0.6) is 0 Å². The van der Waals surface area contributed by atoms with Crippen LogP contribution < -0.4 is 5.32 Å². The Morgan fingerprint density at radius 2 is 2.00 bits per heavy atom. The second-order valence-electron chi connectivity index (χ2n) is 10.6. The number of rotatable bonds is 9. The molecule has 0 unspecified atom stereocenters. The van der Waals surface area contributed by atoms with Crippen LogP contribution in [0.4, 0.5) is 8.78 Å². The normalized spacial score (nSPS) is 21.3. The molecule has 2 aliphatic rings. The molecule has 2 heterocycles. The highest BCUT2D eigenvalue weighted by Crippen LogP contribution is 2.33. The summed E-state index contributed by atoms with van der Waals surface area (Å²) >= 11 is 0. The van der Waals surface area contributed by atoms with Gasteiger partial charge in [0.05, 0.1) is 12.5 Å². The summed E-state index contributed by atoms with van der Waals surface area (Å²) in [7, 11) is -1.73. The van der Waals surface area contributed by atoms with E-state index in [0.29, 0.717) is 19.4 Å². The van der Waals surface area contributed by atoms with Gasteiger partial charge in [-0.2, -0.15) is 5.26 Å². The molecule has 200 valence electrons. The van der Waals surface area contributed by atoms with Gasteiger partial charge in [0.2, 0.25) is 5.91 Å². The highest BCUT2D eigenvalue weighted by atomic mass is 19.3. The highest BCUT2D eigenvalue weighted by molar-refractivity contribution is 6.43. The third-order valence-electron chi connectivity index (χ3n) is 7.12. The van der Waals surface area contributed by atoms with Gasteiger partial charge in [0.15, 0.2) is 0 Å². The maximum absolute atomic E-state index is 13.7. The molecule has 2 aliphatic heterocycles. The molecule has 2 atom stereocenters. The van der Waals surface area contributed by atoms with Crippen molar-refractivity contribution in [3.63, 3.8) is 0 Å². The van der Waals surface area contributed by atoms with Crippen molar-refractivity contribution in [2.45, 2.75) is 63.4 Å². The third-order valence-corrected chi connectivity index (χ3v) is 7.12. The summed E-state index contributed by atoms with van der Waals surface area (Å²) in [5, 5.41) is 31.8. The van der Waals surface area contributed by atoms with Crippen LogP contribution in [0.2, 0.25) is 0 Å². The molecule has 3 N–H and O–H groups in total. The van der Waals surface area contributed by atoms with E-state index in [2.05, 4.69) is 5.32 Å². The van der Waals surface area contributed by atoms with Crippen LogP contribution in [0.15, 0.2) is 42.0 Å². The molecular weight excluding hydrogens is 481 g/mol. The van der Waals surface area contributed by atoms with E-state index in [1.54, 1.807) is 18.7 Å². The monoisotopic (exact) mass is 516 g/mol. The number of carbonyl (C=O) groups excluding carboxylic acids is 2. The molecule has 0 aromatic heterocycles. The number of halogens is 2. The van der Waals surface area contributed by atoms with Gasteiger partial charge in [-0.3, -0.25) is 14.5 Å². The van der Waals surface area contributed by atoms with Crippen LogP contribution in [0, 0.1) is 17.2 Å². The molecule has 8 nitrogen and oxygen atoms in total. The lowest BCUT2D eigenvalue weighted by Gasteiger charge is -2.35. The Morgan fingerprint density at radius 3 is 2.59 bits per heavy atom.